The first-order valence-corrected chi connectivity index (χ1v) is 11.6. The van der Waals surface area contributed by atoms with Crippen LogP contribution in [-0.4, -0.2) is 54.4 Å². The molecule has 2 aromatic rings. The third kappa shape index (κ3) is 3.85. The van der Waals surface area contributed by atoms with Gasteiger partial charge in [-0.05, 0) is 62.1 Å². The lowest BCUT2D eigenvalue weighted by atomic mass is 9.85. The molecule has 2 fully saturated rings. The van der Waals surface area contributed by atoms with E-state index in [2.05, 4.69) is 17.4 Å². The standard InChI is InChI=1S/C26H31FN2O3/c1-17(2)32-26-12-13-28-23(26)15-22(31-16-26)25(30)29-14-11-18-5-3-4-6-21(18)24(29)19-7-9-20(27)10-8-19/h3-10,17,22-24,28H,11-16H2,1-2H3/t22-,23+,24+,26+/m1/s1. The van der Waals surface area contributed by atoms with Crippen molar-refractivity contribution in [2.24, 2.45) is 0 Å². The number of nitrogens with zero attached hydrogens (tertiary/aromatic N) is 1. The van der Waals surface area contributed by atoms with E-state index in [1.165, 1.54) is 17.7 Å². The van der Waals surface area contributed by atoms with Crippen molar-refractivity contribution in [3.05, 3.63) is 71.0 Å². The first-order valence-electron chi connectivity index (χ1n) is 11.6. The SMILES string of the molecule is CC(C)O[C@]12CCN[C@H]1C[C@H](C(=O)N1CCc3ccccc3[C@@H]1c1ccc(F)cc1)OC2. The van der Waals surface area contributed by atoms with E-state index in [0.717, 1.165) is 30.5 Å². The van der Waals surface area contributed by atoms with Gasteiger partial charge in [0.1, 0.15) is 17.5 Å². The van der Waals surface area contributed by atoms with Crippen LogP contribution in [0.1, 0.15) is 49.4 Å². The molecule has 0 unspecified atom stereocenters. The van der Waals surface area contributed by atoms with Crippen molar-refractivity contribution < 1.29 is 18.7 Å². The van der Waals surface area contributed by atoms with Crippen LogP contribution < -0.4 is 5.32 Å². The van der Waals surface area contributed by atoms with Crippen LogP contribution in [0.2, 0.25) is 0 Å². The molecular formula is C26H31FN2O3. The fourth-order valence-corrected chi connectivity index (χ4v) is 5.62. The maximum absolute atomic E-state index is 13.8. The van der Waals surface area contributed by atoms with Gasteiger partial charge in [0.15, 0.2) is 0 Å². The number of amides is 1. The maximum atomic E-state index is 13.8. The monoisotopic (exact) mass is 438 g/mol. The van der Waals surface area contributed by atoms with Crippen LogP contribution in [0.3, 0.4) is 0 Å². The molecule has 0 aliphatic carbocycles. The molecule has 4 atom stereocenters. The summed E-state index contributed by atoms with van der Waals surface area (Å²) < 4.78 is 26.1. The van der Waals surface area contributed by atoms with E-state index in [0.29, 0.717) is 19.6 Å². The third-order valence-electron chi connectivity index (χ3n) is 7.05. The molecule has 170 valence electrons. The predicted molar refractivity (Wildman–Crippen MR) is 120 cm³/mol. The number of carbonyl (C=O) groups excluding carboxylic acids is 1. The van der Waals surface area contributed by atoms with Crippen molar-refractivity contribution in [3.63, 3.8) is 0 Å². The number of hydrogen-bond acceptors (Lipinski definition) is 4. The first-order chi connectivity index (χ1) is 15.5. The van der Waals surface area contributed by atoms with Gasteiger partial charge in [0.2, 0.25) is 0 Å². The van der Waals surface area contributed by atoms with Crippen LogP contribution in [-0.2, 0) is 20.7 Å². The fourth-order valence-electron chi connectivity index (χ4n) is 5.62. The molecule has 0 spiro atoms. The van der Waals surface area contributed by atoms with E-state index in [4.69, 9.17) is 9.47 Å². The minimum Gasteiger partial charge on any atom is -0.368 e. The molecule has 5 rings (SSSR count). The Hall–Kier alpha value is -2.28. The summed E-state index contributed by atoms with van der Waals surface area (Å²) in [7, 11) is 0. The molecule has 2 aromatic carbocycles. The maximum Gasteiger partial charge on any atom is 0.252 e. The molecule has 1 N–H and O–H groups in total. The Morgan fingerprint density at radius 2 is 2.00 bits per heavy atom. The second-order valence-electron chi connectivity index (χ2n) is 9.46. The van der Waals surface area contributed by atoms with Gasteiger partial charge < -0.3 is 19.7 Å². The minimum absolute atomic E-state index is 0.000625. The molecule has 3 aliphatic heterocycles. The average Bonchev–Trinajstić information content (AvgIpc) is 3.20. The first kappa shape index (κ1) is 21.6. The summed E-state index contributed by atoms with van der Waals surface area (Å²) in [4.78, 5) is 15.7. The van der Waals surface area contributed by atoms with E-state index < -0.39 is 6.10 Å². The highest BCUT2D eigenvalue weighted by Crippen LogP contribution is 2.39. The Bertz CT molecular complexity index is 979. The summed E-state index contributed by atoms with van der Waals surface area (Å²) in [6.45, 7) is 5.99. The molecule has 32 heavy (non-hydrogen) atoms. The number of rotatable bonds is 4. The van der Waals surface area contributed by atoms with Crippen LogP contribution in [0.5, 0.6) is 0 Å². The molecule has 5 nitrogen and oxygen atoms in total. The summed E-state index contributed by atoms with van der Waals surface area (Å²) in [5.41, 5.74) is 2.90. The predicted octanol–water partition coefficient (Wildman–Crippen LogP) is 3.61. The van der Waals surface area contributed by atoms with Crippen LogP contribution in [0.15, 0.2) is 48.5 Å². The highest BCUT2D eigenvalue weighted by molar-refractivity contribution is 5.82. The summed E-state index contributed by atoms with van der Waals surface area (Å²) >= 11 is 0. The highest BCUT2D eigenvalue weighted by Gasteiger charge is 2.51. The van der Waals surface area contributed by atoms with E-state index in [-0.39, 0.29) is 35.5 Å². The lowest BCUT2D eigenvalue weighted by Gasteiger charge is -2.45. The third-order valence-corrected chi connectivity index (χ3v) is 7.05. The molecule has 3 aliphatic rings. The molecule has 3 heterocycles. The molecule has 1 amide bonds. The molecule has 0 aromatic heterocycles. The lowest BCUT2D eigenvalue weighted by molar-refractivity contribution is -0.185. The second-order valence-corrected chi connectivity index (χ2v) is 9.46. The van der Waals surface area contributed by atoms with Crippen LogP contribution in [0.25, 0.3) is 0 Å². The Balaban J connectivity index is 1.42. The van der Waals surface area contributed by atoms with E-state index in [1.807, 2.05) is 30.9 Å². The van der Waals surface area contributed by atoms with Crippen LogP contribution >= 0.6 is 0 Å². The van der Waals surface area contributed by atoms with Gasteiger partial charge in [-0.25, -0.2) is 4.39 Å². The zero-order chi connectivity index (χ0) is 22.3. The van der Waals surface area contributed by atoms with Crippen molar-refractivity contribution in [1.29, 1.82) is 0 Å². The summed E-state index contributed by atoms with van der Waals surface area (Å²) in [5, 5.41) is 3.54. The van der Waals surface area contributed by atoms with E-state index in [9.17, 15) is 9.18 Å². The normalized spacial score (nSPS) is 29.6. The Morgan fingerprint density at radius 3 is 2.78 bits per heavy atom. The number of fused-ring (bicyclic) bond motifs is 2. The lowest BCUT2D eigenvalue weighted by Crippen LogP contribution is -2.59. The fraction of sp³-hybridized carbons (Fsp3) is 0.500. The Labute approximate surface area is 188 Å². The van der Waals surface area contributed by atoms with Gasteiger partial charge in [0.05, 0.1) is 18.8 Å². The highest BCUT2D eigenvalue weighted by atomic mass is 19.1. The van der Waals surface area contributed by atoms with Crippen LogP contribution in [0, 0.1) is 5.82 Å². The van der Waals surface area contributed by atoms with Gasteiger partial charge in [0.25, 0.3) is 5.91 Å². The zero-order valence-electron chi connectivity index (χ0n) is 18.7. The van der Waals surface area contributed by atoms with Crippen molar-refractivity contribution in [1.82, 2.24) is 10.2 Å². The van der Waals surface area contributed by atoms with Crippen molar-refractivity contribution in [2.75, 3.05) is 19.7 Å². The van der Waals surface area contributed by atoms with Gasteiger partial charge in [-0.3, -0.25) is 4.79 Å². The molecular weight excluding hydrogens is 407 g/mol. The smallest absolute Gasteiger partial charge is 0.252 e. The average molecular weight is 439 g/mol. The van der Waals surface area contributed by atoms with Crippen LogP contribution in [0.4, 0.5) is 4.39 Å². The number of nitrogens with one attached hydrogen (secondary N) is 1. The second kappa shape index (κ2) is 8.58. The summed E-state index contributed by atoms with van der Waals surface area (Å²) in [6.07, 6.45) is 1.89. The van der Waals surface area contributed by atoms with Gasteiger partial charge in [-0.2, -0.15) is 0 Å². The zero-order valence-corrected chi connectivity index (χ0v) is 18.7. The van der Waals surface area contributed by atoms with Gasteiger partial charge in [-0.1, -0.05) is 36.4 Å². The number of ether oxygens (including phenoxy) is 2. The van der Waals surface area contributed by atoms with Gasteiger partial charge in [-0.15, -0.1) is 0 Å². The topological polar surface area (TPSA) is 50.8 Å². The van der Waals surface area contributed by atoms with E-state index in [1.54, 1.807) is 12.1 Å². The largest absolute Gasteiger partial charge is 0.368 e. The molecule has 0 radical (unpaired) electrons. The van der Waals surface area contributed by atoms with Crippen molar-refractivity contribution >= 4 is 5.91 Å². The Kier molecular flexibility index (Phi) is 5.78. The number of halogens is 1. The summed E-state index contributed by atoms with van der Waals surface area (Å²) in [5.74, 6) is -0.277. The molecule has 0 bridgehead atoms. The minimum atomic E-state index is -0.511. The van der Waals surface area contributed by atoms with Gasteiger partial charge in [0, 0.05) is 19.0 Å². The quantitative estimate of drug-likeness (QED) is 0.792. The molecule has 2 saturated heterocycles. The summed E-state index contributed by atoms with van der Waals surface area (Å²) in [6, 6.07) is 14.6. The number of benzene rings is 2. The van der Waals surface area contributed by atoms with Gasteiger partial charge >= 0.3 is 0 Å². The van der Waals surface area contributed by atoms with E-state index >= 15 is 0 Å². The van der Waals surface area contributed by atoms with Crippen molar-refractivity contribution in [2.45, 2.75) is 63.0 Å². The molecule has 6 heteroatoms. The Morgan fingerprint density at radius 1 is 1.22 bits per heavy atom. The molecule has 0 saturated carbocycles. The number of hydrogen-bond donors (Lipinski definition) is 1. The number of carbonyl (C=O) groups is 1. The van der Waals surface area contributed by atoms with Crippen molar-refractivity contribution in [3.8, 4) is 0 Å².